The predicted molar refractivity (Wildman–Crippen MR) is 121 cm³/mol. The Labute approximate surface area is 184 Å². The van der Waals surface area contributed by atoms with Crippen molar-refractivity contribution in [2.75, 3.05) is 34.7 Å². The molecular formula is C23H22N2O5S. The SMILES string of the molecule is COc1ccc(-c2oc3nc(SC)ncc3c2-c2cc(OC)c(OC)c(OC)c2)cc1. The van der Waals surface area contributed by atoms with E-state index in [1.54, 1.807) is 34.6 Å². The number of aromatic nitrogens is 2. The number of hydrogen-bond acceptors (Lipinski definition) is 8. The molecule has 0 aliphatic rings. The minimum Gasteiger partial charge on any atom is -0.497 e. The van der Waals surface area contributed by atoms with Crippen LogP contribution in [-0.4, -0.2) is 44.7 Å². The van der Waals surface area contributed by atoms with E-state index in [-0.39, 0.29) is 0 Å². The number of ether oxygens (including phenoxy) is 4. The molecule has 0 atom stereocenters. The lowest BCUT2D eigenvalue weighted by molar-refractivity contribution is 0.324. The van der Waals surface area contributed by atoms with Gasteiger partial charge in [0.15, 0.2) is 16.7 Å². The zero-order valence-corrected chi connectivity index (χ0v) is 18.7. The summed E-state index contributed by atoms with van der Waals surface area (Å²) in [6.45, 7) is 0. The van der Waals surface area contributed by atoms with E-state index in [2.05, 4.69) is 9.97 Å². The van der Waals surface area contributed by atoms with Crippen LogP contribution in [0, 0.1) is 0 Å². The van der Waals surface area contributed by atoms with Gasteiger partial charge in [0.05, 0.1) is 33.8 Å². The first-order valence-corrected chi connectivity index (χ1v) is 10.6. The minimum atomic E-state index is 0.508. The lowest BCUT2D eigenvalue weighted by atomic mass is 9.99. The summed E-state index contributed by atoms with van der Waals surface area (Å²) < 4.78 is 28.1. The first kappa shape index (κ1) is 20.9. The summed E-state index contributed by atoms with van der Waals surface area (Å²) in [5.41, 5.74) is 3.06. The Balaban J connectivity index is 2.01. The second-order valence-electron chi connectivity index (χ2n) is 6.52. The Bertz CT molecular complexity index is 1200. The maximum Gasteiger partial charge on any atom is 0.231 e. The highest BCUT2D eigenvalue weighted by atomic mass is 32.2. The average molecular weight is 439 g/mol. The Morgan fingerprint density at radius 3 is 2.06 bits per heavy atom. The van der Waals surface area contributed by atoms with Gasteiger partial charge in [-0.2, -0.15) is 4.98 Å². The lowest BCUT2D eigenvalue weighted by Gasteiger charge is -2.14. The molecule has 0 aliphatic carbocycles. The summed E-state index contributed by atoms with van der Waals surface area (Å²) in [4.78, 5) is 9.00. The normalized spacial score (nSPS) is 10.9. The van der Waals surface area contributed by atoms with E-state index < -0.39 is 0 Å². The van der Waals surface area contributed by atoms with Crippen molar-refractivity contribution in [3.8, 4) is 45.4 Å². The number of benzene rings is 2. The van der Waals surface area contributed by atoms with Crippen LogP contribution < -0.4 is 18.9 Å². The molecule has 0 saturated heterocycles. The van der Waals surface area contributed by atoms with Crippen LogP contribution in [0.15, 0.2) is 52.2 Å². The Morgan fingerprint density at radius 2 is 1.52 bits per heavy atom. The van der Waals surface area contributed by atoms with Crippen LogP contribution in [0.5, 0.6) is 23.0 Å². The number of nitrogens with zero attached hydrogens (tertiary/aromatic N) is 2. The van der Waals surface area contributed by atoms with E-state index in [1.807, 2.05) is 42.7 Å². The summed E-state index contributed by atoms with van der Waals surface area (Å²) in [5.74, 6) is 3.05. The standard InChI is InChI=1S/C23H22N2O5S/c1-26-15-8-6-13(7-9-15)20-19(16-12-24-23(31-5)25-22(16)30-20)14-10-17(27-2)21(29-4)18(11-14)28-3/h6-12H,1-5H3. The summed E-state index contributed by atoms with van der Waals surface area (Å²) in [6, 6.07) is 11.4. The number of methoxy groups -OCH3 is 4. The molecule has 2 aromatic heterocycles. The molecule has 7 nitrogen and oxygen atoms in total. The second kappa shape index (κ2) is 8.77. The molecule has 0 saturated carbocycles. The number of hydrogen-bond donors (Lipinski definition) is 0. The fraction of sp³-hybridized carbons (Fsp3) is 0.217. The van der Waals surface area contributed by atoms with Gasteiger partial charge < -0.3 is 23.4 Å². The molecule has 8 heteroatoms. The van der Waals surface area contributed by atoms with E-state index in [4.69, 9.17) is 23.4 Å². The van der Waals surface area contributed by atoms with E-state index in [1.165, 1.54) is 11.8 Å². The van der Waals surface area contributed by atoms with Gasteiger partial charge in [-0.05, 0) is 48.2 Å². The number of rotatable bonds is 7. The third-order valence-corrected chi connectivity index (χ3v) is 5.48. The fourth-order valence-electron chi connectivity index (χ4n) is 3.43. The summed E-state index contributed by atoms with van der Waals surface area (Å²) in [6.07, 6.45) is 3.71. The molecule has 2 aromatic carbocycles. The minimum absolute atomic E-state index is 0.508. The van der Waals surface area contributed by atoms with Gasteiger partial charge in [-0.15, -0.1) is 0 Å². The van der Waals surface area contributed by atoms with E-state index in [9.17, 15) is 0 Å². The highest BCUT2D eigenvalue weighted by Crippen LogP contribution is 2.46. The van der Waals surface area contributed by atoms with Crippen molar-refractivity contribution >= 4 is 22.9 Å². The van der Waals surface area contributed by atoms with Gasteiger partial charge >= 0.3 is 0 Å². The molecule has 0 amide bonds. The molecule has 0 N–H and O–H groups in total. The molecule has 4 aromatic rings. The molecule has 0 unspecified atom stereocenters. The first-order chi connectivity index (χ1) is 15.1. The molecule has 160 valence electrons. The van der Waals surface area contributed by atoms with Gasteiger partial charge in [-0.25, -0.2) is 4.98 Å². The molecule has 0 aliphatic heterocycles. The van der Waals surface area contributed by atoms with Crippen LogP contribution in [0.25, 0.3) is 33.6 Å². The van der Waals surface area contributed by atoms with Crippen LogP contribution >= 0.6 is 11.8 Å². The smallest absolute Gasteiger partial charge is 0.231 e. The van der Waals surface area contributed by atoms with Crippen molar-refractivity contribution in [2.45, 2.75) is 5.16 Å². The van der Waals surface area contributed by atoms with Crippen molar-refractivity contribution in [2.24, 2.45) is 0 Å². The molecule has 2 heterocycles. The van der Waals surface area contributed by atoms with Gasteiger partial charge in [0.25, 0.3) is 0 Å². The maximum atomic E-state index is 6.24. The zero-order chi connectivity index (χ0) is 22.0. The average Bonchev–Trinajstić information content (AvgIpc) is 3.21. The molecule has 0 bridgehead atoms. The van der Waals surface area contributed by atoms with Crippen molar-refractivity contribution in [1.29, 1.82) is 0 Å². The topological polar surface area (TPSA) is 75.8 Å². The lowest BCUT2D eigenvalue weighted by Crippen LogP contribution is -1.96. The third kappa shape index (κ3) is 3.74. The predicted octanol–water partition coefficient (Wildman–Crippen LogP) is 5.31. The van der Waals surface area contributed by atoms with Crippen molar-refractivity contribution in [3.05, 3.63) is 42.6 Å². The van der Waals surface area contributed by atoms with E-state index in [0.717, 1.165) is 27.8 Å². The largest absolute Gasteiger partial charge is 0.497 e. The highest BCUT2D eigenvalue weighted by Gasteiger charge is 2.23. The quantitative estimate of drug-likeness (QED) is 0.284. The van der Waals surface area contributed by atoms with Crippen LogP contribution in [-0.2, 0) is 0 Å². The molecule has 31 heavy (non-hydrogen) atoms. The van der Waals surface area contributed by atoms with Gasteiger partial charge in [-0.3, -0.25) is 0 Å². The van der Waals surface area contributed by atoms with Crippen LogP contribution in [0.3, 0.4) is 0 Å². The van der Waals surface area contributed by atoms with E-state index in [0.29, 0.717) is 33.9 Å². The van der Waals surface area contributed by atoms with Crippen molar-refractivity contribution in [3.63, 3.8) is 0 Å². The number of thioether (sulfide) groups is 1. The monoisotopic (exact) mass is 438 g/mol. The molecule has 0 radical (unpaired) electrons. The van der Waals surface area contributed by atoms with Gasteiger partial charge in [0.2, 0.25) is 11.5 Å². The summed E-state index contributed by atoms with van der Waals surface area (Å²) >= 11 is 1.46. The zero-order valence-electron chi connectivity index (χ0n) is 17.9. The van der Waals surface area contributed by atoms with Crippen LogP contribution in [0.2, 0.25) is 0 Å². The highest BCUT2D eigenvalue weighted by molar-refractivity contribution is 7.98. The van der Waals surface area contributed by atoms with E-state index >= 15 is 0 Å². The van der Waals surface area contributed by atoms with Gasteiger partial charge in [0, 0.05) is 17.3 Å². The summed E-state index contributed by atoms with van der Waals surface area (Å²) in [5, 5.41) is 1.43. The number of fused-ring (bicyclic) bond motifs is 1. The fourth-order valence-corrected chi connectivity index (χ4v) is 3.76. The Hall–Kier alpha value is -3.39. The second-order valence-corrected chi connectivity index (χ2v) is 7.30. The van der Waals surface area contributed by atoms with Crippen molar-refractivity contribution < 1.29 is 23.4 Å². The van der Waals surface area contributed by atoms with Gasteiger partial charge in [-0.1, -0.05) is 11.8 Å². The first-order valence-electron chi connectivity index (χ1n) is 9.41. The summed E-state index contributed by atoms with van der Waals surface area (Å²) in [7, 11) is 6.39. The van der Waals surface area contributed by atoms with Crippen LogP contribution in [0.4, 0.5) is 0 Å². The Morgan fingerprint density at radius 1 is 0.839 bits per heavy atom. The maximum absolute atomic E-state index is 6.24. The molecule has 0 spiro atoms. The molecule has 4 rings (SSSR count). The van der Waals surface area contributed by atoms with Crippen molar-refractivity contribution in [1.82, 2.24) is 9.97 Å². The third-order valence-electron chi connectivity index (χ3n) is 4.92. The number of furan rings is 1. The Kier molecular flexibility index (Phi) is 5.90. The van der Waals surface area contributed by atoms with Crippen LogP contribution in [0.1, 0.15) is 0 Å². The molecular weight excluding hydrogens is 416 g/mol. The molecule has 0 fully saturated rings. The van der Waals surface area contributed by atoms with Gasteiger partial charge in [0.1, 0.15) is 11.5 Å².